The molecule has 0 aromatic heterocycles. The minimum Gasteiger partial charge on any atom is -0.493 e. The van der Waals surface area contributed by atoms with E-state index in [1.54, 1.807) is 0 Å². The van der Waals surface area contributed by atoms with E-state index in [9.17, 15) is 0 Å². The first-order valence-corrected chi connectivity index (χ1v) is 12.4. The molecule has 1 aromatic rings. The van der Waals surface area contributed by atoms with Crippen molar-refractivity contribution < 1.29 is 9.47 Å². The van der Waals surface area contributed by atoms with Gasteiger partial charge in [0.2, 0.25) is 0 Å². The molecule has 33 heavy (non-hydrogen) atoms. The Morgan fingerprint density at radius 2 is 1.88 bits per heavy atom. The fourth-order valence-electron chi connectivity index (χ4n) is 4.68. The lowest BCUT2D eigenvalue weighted by molar-refractivity contribution is 0.0306. The zero-order valence-corrected chi connectivity index (χ0v) is 21.2. The summed E-state index contributed by atoms with van der Waals surface area (Å²) in [4.78, 5) is 2.54. The van der Waals surface area contributed by atoms with Gasteiger partial charge in [0.15, 0.2) is 0 Å². The molecular formula is C30H41NO2. The quantitative estimate of drug-likeness (QED) is 0.362. The summed E-state index contributed by atoms with van der Waals surface area (Å²) in [6, 6.07) is 10.9. The Hall–Kier alpha value is -2.36. The van der Waals surface area contributed by atoms with Gasteiger partial charge in [0.05, 0.1) is 25.9 Å². The van der Waals surface area contributed by atoms with E-state index in [1.165, 1.54) is 27.9 Å². The van der Waals surface area contributed by atoms with Gasteiger partial charge >= 0.3 is 0 Å². The molecule has 178 valence electrons. The van der Waals surface area contributed by atoms with Crippen molar-refractivity contribution in [3.8, 4) is 0 Å². The van der Waals surface area contributed by atoms with Gasteiger partial charge in [-0.2, -0.15) is 0 Å². The summed E-state index contributed by atoms with van der Waals surface area (Å²) in [5, 5.41) is 0. The average Bonchev–Trinajstić information content (AvgIpc) is 3.18. The zero-order valence-electron chi connectivity index (χ0n) is 21.2. The van der Waals surface area contributed by atoms with E-state index in [-0.39, 0.29) is 6.04 Å². The maximum Gasteiger partial charge on any atom is 0.125 e. The van der Waals surface area contributed by atoms with E-state index < -0.39 is 0 Å². The molecule has 0 spiro atoms. The van der Waals surface area contributed by atoms with Crippen LogP contribution in [-0.4, -0.2) is 43.9 Å². The lowest BCUT2D eigenvalue weighted by Gasteiger charge is -2.36. The molecule has 0 N–H and O–H groups in total. The maximum absolute atomic E-state index is 6.27. The SMILES string of the molecule is C=C(C)C1=CC(OCC)=C(/C(=C/[C@@H](C)CCC=C(C)C)c2ccccc2)C1N1CCOCC1. The van der Waals surface area contributed by atoms with E-state index in [0.717, 1.165) is 50.5 Å². The predicted octanol–water partition coefficient (Wildman–Crippen LogP) is 6.96. The van der Waals surface area contributed by atoms with Crippen LogP contribution in [0.3, 0.4) is 0 Å². The third kappa shape index (κ3) is 6.59. The highest BCUT2D eigenvalue weighted by molar-refractivity contribution is 5.84. The van der Waals surface area contributed by atoms with Crippen LogP contribution in [0.25, 0.3) is 5.57 Å². The molecule has 2 atom stereocenters. The molecule has 0 saturated carbocycles. The largest absolute Gasteiger partial charge is 0.493 e. The molecule has 1 unspecified atom stereocenters. The number of hydrogen-bond acceptors (Lipinski definition) is 3. The molecule has 3 nitrogen and oxygen atoms in total. The van der Waals surface area contributed by atoms with Crippen molar-refractivity contribution in [2.24, 2.45) is 5.92 Å². The Morgan fingerprint density at radius 1 is 1.18 bits per heavy atom. The Balaban J connectivity index is 2.09. The standard InChI is InChI=1S/C30H41NO2/c1-7-33-28-21-26(23(4)5)30(31-16-18-32-19-17-31)29(28)27(25-14-9-8-10-15-25)20-24(6)13-11-12-22(2)3/h8-10,12,14-15,20-21,24,30H,4,7,11,13,16-19H2,1-3,5-6H3/b27-20+/t24-,30?/m0/s1. The maximum atomic E-state index is 6.27. The van der Waals surface area contributed by atoms with Crippen LogP contribution in [0.1, 0.15) is 53.0 Å². The lowest BCUT2D eigenvalue weighted by atomic mass is 9.86. The fourth-order valence-corrected chi connectivity index (χ4v) is 4.68. The first-order chi connectivity index (χ1) is 15.9. The van der Waals surface area contributed by atoms with Gasteiger partial charge in [-0.05, 0) is 69.2 Å². The number of benzene rings is 1. The first kappa shape index (κ1) is 25.3. The second-order valence-electron chi connectivity index (χ2n) is 9.42. The fraction of sp³-hybridized carbons (Fsp3) is 0.467. The number of allylic oxidation sites excluding steroid dienone is 4. The first-order valence-electron chi connectivity index (χ1n) is 12.4. The van der Waals surface area contributed by atoms with Gasteiger partial charge in [0, 0.05) is 18.7 Å². The number of morpholine rings is 1. The molecule has 2 aliphatic rings. The second kappa shape index (κ2) is 12.2. The van der Waals surface area contributed by atoms with E-state index in [1.807, 2.05) is 0 Å². The molecule has 3 rings (SSSR count). The molecule has 0 bridgehead atoms. The van der Waals surface area contributed by atoms with Crippen LogP contribution in [0.5, 0.6) is 0 Å². The van der Waals surface area contributed by atoms with Crippen LogP contribution in [-0.2, 0) is 9.47 Å². The monoisotopic (exact) mass is 447 g/mol. The van der Waals surface area contributed by atoms with Crippen molar-refractivity contribution in [1.29, 1.82) is 0 Å². The molecule has 1 saturated heterocycles. The van der Waals surface area contributed by atoms with Crippen molar-refractivity contribution >= 4 is 5.57 Å². The molecular weight excluding hydrogens is 406 g/mol. The molecule has 1 heterocycles. The number of hydrogen-bond donors (Lipinski definition) is 0. The van der Waals surface area contributed by atoms with Gasteiger partial charge in [0.1, 0.15) is 5.76 Å². The van der Waals surface area contributed by atoms with Crippen molar-refractivity contribution in [3.63, 3.8) is 0 Å². The van der Waals surface area contributed by atoms with Gasteiger partial charge in [-0.25, -0.2) is 0 Å². The highest BCUT2D eigenvalue weighted by atomic mass is 16.5. The average molecular weight is 448 g/mol. The van der Waals surface area contributed by atoms with Gasteiger partial charge in [-0.1, -0.05) is 67.1 Å². The van der Waals surface area contributed by atoms with Crippen LogP contribution in [0.4, 0.5) is 0 Å². The third-order valence-electron chi connectivity index (χ3n) is 6.32. The number of rotatable bonds is 10. The summed E-state index contributed by atoms with van der Waals surface area (Å²) in [6.07, 6.45) is 9.25. The minimum absolute atomic E-state index is 0.143. The predicted molar refractivity (Wildman–Crippen MR) is 140 cm³/mol. The summed E-state index contributed by atoms with van der Waals surface area (Å²) in [6.45, 7) is 19.2. The third-order valence-corrected chi connectivity index (χ3v) is 6.32. The summed E-state index contributed by atoms with van der Waals surface area (Å²) in [7, 11) is 0. The van der Waals surface area contributed by atoms with Gasteiger partial charge in [-0.3, -0.25) is 4.90 Å². The Bertz CT molecular complexity index is 925. The van der Waals surface area contributed by atoms with Crippen LogP contribution >= 0.6 is 0 Å². The van der Waals surface area contributed by atoms with E-state index in [0.29, 0.717) is 12.5 Å². The topological polar surface area (TPSA) is 21.7 Å². The van der Waals surface area contributed by atoms with Gasteiger partial charge < -0.3 is 9.47 Å². The van der Waals surface area contributed by atoms with Crippen molar-refractivity contribution in [2.75, 3.05) is 32.9 Å². The van der Waals surface area contributed by atoms with Crippen molar-refractivity contribution in [2.45, 2.75) is 53.5 Å². The second-order valence-corrected chi connectivity index (χ2v) is 9.42. The Kier molecular flexibility index (Phi) is 9.34. The summed E-state index contributed by atoms with van der Waals surface area (Å²) in [5.74, 6) is 1.43. The summed E-state index contributed by atoms with van der Waals surface area (Å²) >= 11 is 0. The summed E-state index contributed by atoms with van der Waals surface area (Å²) < 4.78 is 12.0. The van der Waals surface area contributed by atoms with Crippen LogP contribution < -0.4 is 0 Å². The zero-order chi connectivity index (χ0) is 23.8. The summed E-state index contributed by atoms with van der Waals surface area (Å²) in [5.41, 5.74) is 7.55. The normalized spacial score (nSPS) is 20.5. The molecule has 3 heteroatoms. The highest BCUT2D eigenvalue weighted by Crippen LogP contribution is 2.42. The molecule has 1 aromatic carbocycles. The van der Waals surface area contributed by atoms with E-state index >= 15 is 0 Å². The van der Waals surface area contributed by atoms with E-state index in [2.05, 4.69) is 94.7 Å². The Labute approximate surface area is 201 Å². The molecule has 0 amide bonds. The van der Waals surface area contributed by atoms with Gasteiger partial charge in [0.25, 0.3) is 0 Å². The molecule has 1 aliphatic heterocycles. The van der Waals surface area contributed by atoms with Crippen LogP contribution in [0, 0.1) is 5.92 Å². The number of nitrogens with zero attached hydrogens (tertiary/aromatic N) is 1. The van der Waals surface area contributed by atoms with Crippen molar-refractivity contribution in [1.82, 2.24) is 4.90 Å². The van der Waals surface area contributed by atoms with Gasteiger partial charge in [-0.15, -0.1) is 0 Å². The van der Waals surface area contributed by atoms with Crippen LogP contribution in [0.2, 0.25) is 0 Å². The van der Waals surface area contributed by atoms with Crippen molar-refractivity contribution in [3.05, 3.63) is 88.8 Å². The molecule has 0 radical (unpaired) electrons. The highest BCUT2D eigenvalue weighted by Gasteiger charge is 2.37. The smallest absolute Gasteiger partial charge is 0.125 e. The lowest BCUT2D eigenvalue weighted by Crippen LogP contribution is -2.45. The molecule has 1 fully saturated rings. The van der Waals surface area contributed by atoms with E-state index in [4.69, 9.17) is 9.47 Å². The minimum atomic E-state index is 0.143. The Morgan fingerprint density at radius 3 is 2.48 bits per heavy atom. The van der Waals surface area contributed by atoms with Crippen LogP contribution in [0.15, 0.2) is 83.2 Å². The number of ether oxygens (including phenoxy) is 2. The molecule has 1 aliphatic carbocycles.